The summed E-state index contributed by atoms with van der Waals surface area (Å²) in [4.78, 5) is 31.1. The molecule has 1 saturated heterocycles. The standard InChI is InChI=1S/C19H17N3O2S3/c1-12(10-14-6-4-3-5-7-14)11-15-17(24)22(19(25)27-15)13(2)16(23)21-18-20-8-9-26-18/h3-11,13H,1-2H3,(H,20,21,23)/b12-10+,15-11-. The molecule has 2 heterocycles. The highest BCUT2D eigenvalue weighted by molar-refractivity contribution is 8.26. The number of thioether (sulfide) groups is 1. The number of rotatable bonds is 5. The number of allylic oxidation sites excluding steroid dienone is 2. The maximum Gasteiger partial charge on any atom is 0.266 e. The molecule has 1 fully saturated rings. The van der Waals surface area contributed by atoms with E-state index in [-0.39, 0.29) is 11.8 Å². The van der Waals surface area contributed by atoms with Gasteiger partial charge in [0.25, 0.3) is 5.91 Å². The molecule has 1 aliphatic heterocycles. The van der Waals surface area contributed by atoms with E-state index in [4.69, 9.17) is 12.2 Å². The van der Waals surface area contributed by atoms with E-state index in [2.05, 4.69) is 10.3 Å². The Morgan fingerprint density at radius 2 is 2.07 bits per heavy atom. The van der Waals surface area contributed by atoms with Crippen molar-refractivity contribution in [3.63, 3.8) is 0 Å². The number of hydrogen-bond acceptors (Lipinski definition) is 6. The average Bonchev–Trinajstić information content (AvgIpc) is 3.23. The SMILES string of the molecule is CC(/C=C1\SC(=S)N(C(C)C(=O)Nc2nccs2)C1=O)=C\c1ccccc1. The van der Waals surface area contributed by atoms with Crippen molar-refractivity contribution in [2.45, 2.75) is 19.9 Å². The van der Waals surface area contributed by atoms with E-state index in [1.807, 2.05) is 43.3 Å². The van der Waals surface area contributed by atoms with Gasteiger partial charge in [-0.1, -0.05) is 60.4 Å². The van der Waals surface area contributed by atoms with Crippen molar-refractivity contribution in [2.24, 2.45) is 0 Å². The van der Waals surface area contributed by atoms with Crippen LogP contribution in [0, 0.1) is 0 Å². The van der Waals surface area contributed by atoms with Crippen LogP contribution in [0.5, 0.6) is 0 Å². The zero-order valence-corrected chi connectivity index (χ0v) is 17.2. The van der Waals surface area contributed by atoms with Gasteiger partial charge in [-0.2, -0.15) is 0 Å². The number of nitrogens with one attached hydrogen (secondary N) is 1. The van der Waals surface area contributed by atoms with Gasteiger partial charge in [0.05, 0.1) is 4.91 Å². The number of hydrogen-bond donors (Lipinski definition) is 1. The Balaban J connectivity index is 1.74. The first-order chi connectivity index (χ1) is 13.0. The van der Waals surface area contributed by atoms with Gasteiger partial charge in [0.15, 0.2) is 5.13 Å². The molecule has 1 N–H and O–H groups in total. The van der Waals surface area contributed by atoms with Gasteiger partial charge >= 0.3 is 0 Å². The molecule has 0 bridgehead atoms. The maximum atomic E-state index is 12.8. The molecule has 8 heteroatoms. The van der Waals surface area contributed by atoms with Crippen LogP contribution in [0.1, 0.15) is 19.4 Å². The van der Waals surface area contributed by atoms with E-state index in [0.717, 1.165) is 11.1 Å². The number of carbonyl (C=O) groups excluding carboxylic acids is 2. The number of benzene rings is 1. The Kier molecular flexibility index (Phi) is 6.20. The minimum absolute atomic E-state index is 0.257. The first-order valence-corrected chi connectivity index (χ1v) is 10.3. The number of amides is 2. The maximum absolute atomic E-state index is 12.8. The molecule has 2 amide bonds. The Labute approximate surface area is 171 Å². The molecule has 5 nitrogen and oxygen atoms in total. The van der Waals surface area contributed by atoms with Crippen LogP contribution in [-0.2, 0) is 9.59 Å². The van der Waals surface area contributed by atoms with Crippen LogP contribution in [0.3, 0.4) is 0 Å². The summed E-state index contributed by atoms with van der Waals surface area (Å²) in [5.74, 6) is -0.577. The first-order valence-electron chi connectivity index (χ1n) is 8.16. The van der Waals surface area contributed by atoms with E-state index >= 15 is 0 Å². The van der Waals surface area contributed by atoms with Crippen LogP contribution in [0.15, 0.2) is 58.5 Å². The molecule has 3 rings (SSSR count). The lowest BCUT2D eigenvalue weighted by Gasteiger charge is -2.21. The lowest BCUT2D eigenvalue weighted by Crippen LogP contribution is -2.44. The summed E-state index contributed by atoms with van der Waals surface area (Å²) in [6.45, 7) is 3.58. The smallest absolute Gasteiger partial charge is 0.266 e. The Hall–Kier alpha value is -2.29. The molecule has 27 heavy (non-hydrogen) atoms. The fourth-order valence-electron chi connectivity index (χ4n) is 2.49. The van der Waals surface area contributed by atoms with Crippen molar-refractivity contribution in [3.05, 3.63) is 64.0 Å². The summed E-state index contributed by atoms with van der Waals surface area (Å²) in [7, 11) is 0. The quantitative estimate of drug-likeness (QED) is 0.582. The molecule has 1 aromatic heterocycles. The highest BCUT2D eigenvalue weighted by Crippen LogP contribution is 2.33. The monoisotopic (exact) mass is 415 g/mol. The van der Waals surface area contributed by atoms with Crippen molar-refractivity contribution in [1.82, 2.24) is 9.88 Å². The number of anilines is 1. The molecular weight excluding hydrogens is 398 g/mol. The molecule has 1 atom stereocenters. The number of carbonyl (C=O) groups is 2. The Morgan fingerprint density at radius 3 is 2.74 bits per heavy atom. The zero-order chi connectivity index (χ0) is 19.4. The van der Waals surface area contributed by atoms with Crippen LogP contribution in [0.25, 0.3) is 6.08 Å². The van der Waals surface area contributed by atoms with Crippen LogP contribution in [0.4, 0.5) is 5.13 Å². The topological polar surface area (TPSA) is 62.3 Å². The largest absolute Gasteiger partial charge is 0.300 e. The predicted molar refractivity (Wildman–Crippen MR) is 115 cm³/mol. The summed E-state index contributed by atoms with van der Waals surface area (Å²) in [5.41, 5.74) is 1.99. The number of thiazole rings is 1. The molecule has 1 aliphatic rings. The second-order valence-electron chi connectivity index (χ2n) is 5.85. The number of nitrogens with zero attached hydrogens (tertiary/aromatic N) is 2. The summed E-state index contributed by atoms with van der Waals surface area (Å²) in [6.07, 6.45) is 5.40. The zero-order valence-electron chi connectivity index (χ0n) is 14.7. The molecule has 0 aliphatic carbocycles. The summed E-state index contributed by atoms with van der Waals surface area (Å²) in [6, 6.07) is 9.14. The van der Waals surface area contributed by atoms with Gasteiger partial charge in [0.1, 0.15) is 10.4 Å². The molecule has 0 radical (unpaired) electrons. The fourth-order valence-corrected chi connectivity index (χ4v) is 4.49. The average molecular weight is 416 g/mol. The Bertz CT molecular complexity index is 921. The van der Waals surface area contributed by atoms with Crippen LogP contribution in [-0.4, -0.2) is 32.1 Å². The molecule has 138 valence electrons. The molecule has 0 saturated carbocycles. The summed E-state index contributed by atoms with van der Waals surface area (Å²) >= 11 is 7.86. The minimum Gasteiger partial charge on any atom is -0.300 e. The van der Waals surface area contributed by atoms with E-state index in [1.165, 1.54) is 28.0 Å². The molecule has 0 spiro atoms. The lowest BCUT2D eigenvalue weighted by atomic mass is 10.1. The molecule has 1 unspecified atom stereocenters. The summed E-state index contributed by atoms with van der Waals surface area (Å²) < 4.78 is 0.376. The third-order valence-electron chi connectivity index (χ3n) is 3.81. The summed E-state index contributed by atoms with van der Waals surface area (Å²) in [5, 5.41) is 4.97. The normalized spacial score (nSPS) is 17.5. The number of thiocarbonyl (C=S) groups is 1. The molecule has 1 aromatic carbocycles. The van der Waals surface area contributed by atoms with Gasteiger partial charge < -0.3 is 5.32 Å². The van der Waals surface area contributed by atoms with E-state index in [1.54, 1.807) is 24.6 Å². The highest BCUT2D eigenvalue weighted by Gasteiger charge is 2.38. The van der Waals surface area contributed by atoms with Crippen molar-refractivity contribution in [1.29, 1.82) is 0 Å². The van der Waals surface area contributed by atoms with Gasteiger partial charge in [-0.3, -0.25) is 14.5 Å². The van der Waals surface area contributed by atoms with Crippen molar-refractivity contribution >= 4 is 62.7 Å². The first kappa shape index (κ1) is 19.5. The van der Waals surface area contributed by atoms with Gasteiger partial charge in [-0.25, -0.2) is 4.98 Å². The van der Waals surface area contributed by atoms with E-state index < -0.39 is 6.04 Å². The van der Waals surface area contributed by atoms with Crippen molar-refractivity contribution in [2.75, 3.05) is 5.32 Å². The van der Waals surface area contributed by atoms with E-state index in [0.29, 0.717) is 14.4 Å². The lowest BCUT2D eigenvalue weighted by molar-refractivity contribution is -0.129. The third-order valence-corrected chi connectivity index (χ3v) is 5.82. The molecule has 2 aromatic rings. The van der Waals surface area contributed by atoms with Gasteiger partial charge in [-0.15, -0.1) is 11.3 Å². The Morgan fingerprint density at radius 1 is 1.33 bits per heavy atom. The van der Waals surface area contributed by atoms with Gasteiger partial charge in [0, 0.05) is 11.6 Å². The second kappa shape index (κ2) is 8.60. The highest BCUT2D eigenvalue weighted by atomic mass is 32.2. The van der Waals surface area contributed by atoms with Gasteiger partial charge in [-0.05, 0) is 31.1 Å². The third kappa shape index (κ3) is 4.71. The van der Waals surface area contributed by atoms with Crippen molar-refractivity contribution < 1.29 is 9.59 Å². The fraction of sp³-hybridized carbons (Fsp3) is 0.158. The van der Waals surface area contributed by atoms with Crippen LogP contribution < -0.4 is 5.32 Å². The number of aromatic nitrogens is 1. The van der Waals surface area contributed by atoms with Gasteiger partial charge in [0.2, 0.25) is 5.91 Å². The minimum atomic E-state index is -0.717. The van der Waals surface area contributed by atoms with Crippen molar-refractivity contribution in [3.8, 4) is 0 Å². The predicted octanol–water partition coefficient (Wildman–Crippen LogP) is 4.32. The van der Waals surface area contributed by atoms with E-state index in [9.17, 15) is 9.59 Å². The van der Waals surface area contributed by atoms with Crippen LogP contribution in [0.2, 0.25) is 0 Å². The van der Waals surface area contributed by atoms with Crippen LogP contribution >= 0.6 is 35.3 Å². The second-order valence-corrected chi connectivity index (χ2v) is 8.42. The molecular formula is C19H17N3O2S3.